The Morgan fingerprint density at radius 2 is 1.81 bits per heavy atom. The van der Waals surface area contributed by atoms with E-state index in [4.69, 9.17) is 4.74 Å². The van der Waals surface area contributed by atoms with Crippen molar-refractivity contribution in [1.29, 1.82) is 0 Å². The molecular formula is C23H19N3O4S. The first-order chi connectivity index (χ1) is 15.0. The van der Waals surface area contributed by atoms with E-state index in [1.807, 2.05) is 48.5 Å². The van der Waals surface area contributed by atoms with Gasteiger partial charge in [0.1, 0.15) is 5.41 Å². The number of para-hydroxylation sites is 2. The molecule has 4 atom stereocenters. The zero-order valence-electron chi connectivity index (χ0n) is 16.8. The van der Waals surface area contributed by atoms with Gasteiger partial charge in [0.2, 0.25) is 11.5 Å². The van der Waals surface area contributed by atoms with E-state index < -0.39 is 22.5 Å². The summed E-state index contributed by atoms with van der Waals surface area (Å²) in [5.41, 5.74) is -1.77. The van der Waals surface area contributed by atoms with Crippen LogP contribution >= 0.6 is 11.8 Å². The fourth-order valence-corrected chi connectivity index (χ4v) is 8.12. The van der Waals surface area contributed by atoms with Gasteiger partial charge in [-0.25, -0.2) is 4.79 Å². The Hall–Kier alpha value is -2.84. The molecule has 1 N–H and O–H groups in total. The van der Waals surface area contributed by atoms with Gasteiger partial charge in [-0.2, -0.15) is 0 Å². The summed E-state index contributed by atoms with van der Waals surface area (Å²) in [4.78, 5) is 45.7. The number of anilines is 2. The summed E-state index contributed by atoms with van der Waals surface area (Å²) in [5, 5.41) is 3.04. The van der Waals surface area contributed by atoms with Crippen LogP contribution in [0.25, 0.3) is 0 Å². The molecule has 156 valence electrons. The SMILES string of the molecule is CN1C(=O)[C@]2(OC(=O)[C@@]34c5ccccc5NC(=O)[C@]32CC2CSCN24)c2ccccc21. The molecule has 31 heavy (non-hydrogen) atoms. The molecule has 2 aromatic carbocycles. The number of esters is 1. The molecule has 0 aromatic heterocycles. The molecule has 5 heterocycles. The fourth-order valence-electron chi connectivity index (χ4n) is 6.84. The number of nitrogens with zero attached hydrogens (tertiary/aromatic N) is 2. The molecule has 7 rings (SSSR count). The molecule has 0 radical (unpaired) electrons. The van der Waals surface area contributed by atoms with Crippen LogP contribution in [0.15, 0.2) is 48.5 Å². The fraction of sp³-hybridized carbons (Fsp3) is 0.348. The number of carbonyl (C=O) groups is 3. The monoisotopic (exact) mass is 433 g/mol. The van der Waals surface area contributed by atoms with Gasteiger partial charge in [0.15, 0.2) is 5.54 Å². The van der Waals surface area contributed by atoms with Gasteiger partial charge in [-0.05, 0) is 18.6 Å². The number of thioether (sulfide) groups is 1. The standard InChI is InChI=1S/C23H19N3O4S/c1-25-17-9-5-3-7-15(17)23(19(25)28)21-10-13-11-31-12-26(13)22(21,20(29)30-23)14-6-2-4-8-16(14)24-18(21)27/h2-9,13H,10-12H2,1H3,(H,24,27)/t13?,21-,22+,23-/m1/s1. The molecule has 5 aliphatic heterocycles. The molecule has 1 unspecified atom stereocenters. The third-order valence-corrected chi connectivity index (χ3v) is 9.00. The van der Waals surface area contributed by atoms with E-state index in [1.54, 1.807) is 18.8 Å². The van der Waals surface area contributed by atoms with E-state index in [9.17, 15) is 14.4 Å². The van der Waals surface area contributed by atoms with E-state index in [-0.39, 0.29) is 17.9 Å². The Bertz CT molecular complexity index is 1230. The maximum atomic E-state index is 14.1. The average Bonchev–Trinajstić information content (AvgIpc) is 3.46. The second-order valence-electron chi connectivity index (χ2n) is 8.90. The summed E-state index contributed by atoms with van der Waals surface area (Å²) in [5.74, 6) is 0.263. The molecular weight excluding hydrogens is 414 g/mol. The molecule has 1 spiro atoms. The van der Waals surface area contributed by atoms with E-state index in [1.165, 1.54) is 4.90 Å². The number of ether oxygens (including phenoxy) is 1. The van der Waals surface area contributed by atoms with E-state index >= 15 is 0 Å². The Labute approximate surface area is 182 Å². The Morgan fingerprint density at radius 3 is 2.65 bits per heavy atom. The largest absolute Gasteiger partial charge is 0.441 e. The number of amides is 2. The average molecular weight is 433 g/mol. The zero-order valence-corrected chi connectivity index (χ0v) is 17.6. The van der Waals surface area contributed by atoms with Gasteiger partial charge in [-0.3, -0.25) is 14.5 Å². The highest BCUT2D eigenvalue weighted by Crippen LogP contribution is 2.74. The highest BCUT2D eigenvalue weighted by Gasteiger charge is 2.89. The number of hydrogen-bond acceptors (Lipinski definition) is 6. The molecule has 0 aliphatic carbocycles. The highest BCUT2D eigenvalue weighted by molar-refractivity contribution is 7.99. The second kappa shape index (κ2) is 5.31. The van der Waals surface area contributed by atoms with Crippen molar-refractivity contribution >= 4 is 40.9 Å². The second-order valence-corrected chi connectivity index (χ2v) is 9.89. The number of rotatable bonds is 0. The lowest BCUT2D eigenvalue weighted by atomic mass is 9.55. The Kier molecular flexibility index (Phi) is 3.05. The Balaban J connectivity index is 1.64. The first-order valence-corrected chi connectivity index (χ1v) is 11.5. The van der Waals surface area contributed by atoms with Crippen LogP contribution in [0.3, 0.4) is 0 Å². The van der Waals surface area contributed by atoms with E-state index in [2.05, 4.69) is 10.2 Å². The molecule has 2 aromatic rings. The predicted molar refractivity (Wildman–Crippen MR) is 114 cm³/mol. The number of hydrogen-bond donors (Lipinski definition) is 1. The third-order valence-electron chi connectivity index (χ3n) is 7.92. The molecule has 3 saturated heterocycles. The van der Waals surface area contributed by atoms with E-state index in [0.717, 1.165) is 11.3 Å². The summed E-state index contributed by atoms with van der Waals surface area (Å²) in [6, 6.07) is 14.8. The number of likely N-dealkylation sites (N-methyl/N-ethyl adjacent to an activating group) is 1. The van der Waals surface area contributed by atoms with Crippen molar-refractivity contribution in [3.8, 4) is 0 Å². The summed E-state index contributed by atoms with van der Waals surface area (Å²) in [7, 11) is 1.68. The minimum Gasteiger partial charge on any atom is -0.441 e. The summed E-state index contributed by atoms with van der Waals surface area (Å²) in [6.07, 6.45) is 0.389. The van der Waals surface area contributed by atoms with Gasteiger partial charge in [0, 0.05) is 41.5 Å². The minimum atomic E-state index is -1.68. The molecule has 3 fully saturated rings. The zero-order chi connectivity index (χ0) is 21.2. The summed E-state index contributed by atoms with van der Waals surface area (Å²) in [6.45, 7) is 0. The molecule has 0 bridgehead atoms. The predicted octanol–water partition coefficient (Wildman–Crippen LogP) is 2.03. The van der Waals surface area contributed by atoms with Crippen molar-refractivity contribution in [3.05, 3.63) is 59.7 Å². The number of fused-ring (bicyclic) bond motifs is 4. The van der Waals surface area contributed by atoms with Gasteiger partial charge in [0.25, 0.3) is 5.91 Å². The third kappa shape index (κ3) is 1.55. The topological polar surface area (TPSA) is 79.0 Å². The maximum Gasteiger partial charge on any atom is 0.334 e. The lowest BCUT2D eigenvalue weighted by Crippen LogP contribution is -2.65. The van der Waals surface area contributed by atoms with Crippen molar-refractivity contribution in [3.63, 3.8) is 0 Å². The molecule has 2 amide bonds. The van der Waals surface area contributed by atoms with Crippen LogP contribution in [-0.4, -0.2) is 47.4 Å². The van der Waals surface area contributed by atoms with Gasteiger partial charge in [0.05, 0.1) is 5.69 Å². The summed E-state index contributed by atoms with van der Waals surface area (Å²) < 4.78 is 6.21. The van der Waals surface area contributed by atoms with E-state index in [0.29, 0.717) is 29.2 Å². The van der Waals surface area contributed by atoms with Crippen molar-refractivity contribution in [1.82, 2.24) is 4.90 Å². The lowest BCUT2D eigenvalue weighted by molar-refractivity contribution is -0.166. The van der Waals surface area contributed by atoms with Crippen molar-refractivity contribution in [2.75, 3.05) is 28.9 Å². The van der Waals surface area contributed by atoms with Crippen LogP contribution in [0.4, 0.5) is 11.4 Å². The lowest BCUT2D eigenvalue weighted by Gasteiger charge is -2.47. The molecule has 8 heteroatoms. The first kappa shape index (κ1) is 17.8. The smallest absolute Gasteiger partial charge is 0.334 e. The van der Waals surface area contributed by atoms with Gasteiger partial charge in [-0.1, -0.05) is 36.4 Å². The van der Waals surface area contributed by atoms with Gasteiger partial charge >= 0.3 is 5.97 Å². The number of nitrogens with one attached hydrogen (secondary N) is 1. The highest BCUT2D eigenvalue weighted by atomic mass is 32.2. The van der Waals surface area contributed by atoms with Crippen molar-refractivity contribution in [2.24, 2.45) is 5.41 Å². The van der Waals surface area contributed by atoms with Gasteiger partial charge < -0.3 is 15.0 Å². The van der Waals surface area contributed by atoms with Gasteiger partial charge in [-0.15, -0.1) is 11.8 Å². The van der Waals surface area contributed by atoms with Crippen LogP contribution in [0.5, 0.6) is 0 Å². The maximum absolute atomic E-state index is 14.1. The van der Waals surface area contributed by atoms with Crippen LogP contribution in [0, 0.1) is 5.41 Å². The van der Waals surface area contributed by atoms with Crippen LogP contribution in [0.2, 0.25) is 0 Å². The normalized spacial score (nSPS) is 37.3. The van der Waals surface area contributed by atoms with Crippen LogP contribution in [0.1, 0.15) is 17.5 Å². The first-order valence-electron chi connectivity index (χ1n) is 10.4. The molecule has 5 aliphatic rings. The van der Waals surface area contributed by atoms with Crippen molar-refractivity contribution in [2.45, 2.75) is 23.6 Å². The minimum absolute atomic E-state index is 0.0116. The van der Waals surface area contributed by atoms with Crippen LogP contribution < -0.4 is 10.2 Å². The quantitative estimate of drug-likeness (QED) is 0.641. The summed E-state index contributed by atoms with van der Waals surface area (Å²) >= 11 is 1.75. The number of carbonyl (C=O) groups excluding carboxylic acids is 3. The van der Waals surface area contributed by atoms with Crippen molar-refractivity contribution < 1.29 is 19.1 Å². The van der Waals surface area contributed by atoms with Crippen LogP contribution in [-0.2, 0) is 30.3 Å². The Morgan fingerprint density at radius 1 is 1.06 bits per heavy atom. The molecule has 7 nitrogen and oxygen atoms in total. The number of benzene rings is 2. The molecule has 0 saturated carbocycles.